The molecule has 4 heteroatoms. The lowest BCUT2D eigenvalue weighted by Crippen LogP contribution is -2.11. The van der Waals surface area contributed by atoms with Gasteiger partial charge in [-0.15, -0.1) is 0 Å². The van der Waals surface area contributed by atoms with Gasteiger partial charge in [-0.2, -0.15) is 4.98 Å². The van der Waals surface area contributed by atoms with Gasteiger partial charge in [0.2, 0.25) is 0 Å². The van der Waals surface area contributed by atoms with Crippen molar-refractivity contribution in [3.05, 3.63) is 12.0 Å². The van der Waals surface area contributed by atoms with Gasteiger partial charge in [-0.3, -0.25) is 0 Å². The molecule has 1 aromatic heterocycles. The maximum absolute atomic E-state index is 5.41. The summed E-state index contributed by atoms with van der Waals surface area (Å²) < 4.78 is 10.6. The van der Waals surface area contributed by atoms with Gasteiger partial charge in [0, 0.05) is 6.54 Å². The Morgan fingerprint density at radius 1 is 1.60 bits per heavy atom. The zero-order chi connectivity index (χ0) is 10.5. The van der Waals surface area contributed by atoms with Gasteiger partial charge < -0.3 is 14.5 Å². The number of ether oxygens (including phenoxy) is 1. The first kappa shape index (κ1) is 10.5. The van der Waals surface area contributed by atoms with Crippen LogP contribution in [0.25, 0.3) is 0 Å². The van der Waals surface area contributed by atoms with Crippen LogP contribution in [0.3, 0.4) is 0 Å². The summed E-state index contributed by atoms with van der Waals surface area (Å²) in [4.78, 5) is 4.21. The zero-order valence-electron chi connectivity index (χ0n) is 9.16. The topological polar surface area (TPSA) is 47.3 Å². The molecule has 15 heavy (non-hydrogen) atoms. The molecule has 0 bridgehead atoms. The van der Waals surface area contributed by atoms with Crippen LogP contribution >= 0.6 is 0 Å². The van der Waals surface area contributed by atoms with Gasteiger partial charge in [0.25, 0.3) is 0 Å². The van der Waals surface area contributed by atoms with E-state index in [4.69, 9.17) is 9.15 Å². The number of hydrogen-bond donors (Lipinski definition) is 1. The SMILES string of the molecule is CCNCc1coc(OCCC2CC2)n1. The second-order valence-corrected chi connectivity index (χ2v) is 3.97. The van der Waals surface area contributed by atoms with E-state index < -0.39 is 0 Å². The summed E-state index contributed by atoms with van der Waals surface area (Å²) in [5, 5.41) is 3.18. The van der Waals surface area contributed by atoms with Crippen LogP contribution < -0.4 is 10.1 Å². The summed E-state index contributed by atoms with van der Waals surface area (Å²) in [7, 11) is 0. The summed E-state index contributed by atoms with van der Waals surface area (Å²) in [6.45, 7) is 4.47. The Kier molecular flexibility index (Phi) is 3.61. The molecular formula is C11H18N2O2. The van der Waals surface area contributed by atoms with Crippen molar-refractivity contribution in [2.45, 2.75) is 32.7 Å². The maximum Gasteiger partial charge on any atom is 0.393 e. The lowest BCUT2D eigenvalue weighted by atomic mass is 10.3. The normalized spacial score (nSPS) is 15.5. The molecule has 2 rings (SSSR count). The van der Waals surface area contributed by atoms with E-state index in [2.05, 4.69) is 17.2 Å². The third-order valence-corrected chi connectivity index (χ3v) is 2.54. The van der Waals surface area contributed by atoms with Gasteiger partial charge in [0.05, 0.1) is 12.3 Å². The number of oxazole rings is 1. The Hall–Kier alpha value is -1.03. The molecule has 84 valence electrons. The number of rotatable bonds is 7. The van der Waals surface area contributed by atoms with Crippen LogP contribution in [0.4, 0.5) is 0 Å². The fourth-order valence-electron chi connectivity index (χ4n) is 1.41. The Morgan fingerprint density at radius 2 is 2.47 bits per heavy atom. The van der Waals surface area contributed by atoms with Gasteiger partial charge in [-0.05, 0) is 18.9 Å². The molecule has 0 atom stereocenters. The van der Waals surface area contributed by atoms with E-state index >= 15 is 0 Å². The van der Waals surface area contributed by atoms with Crippen molar-refractivity contribution in [3.8, 4) is 6.08 Å². The number of nitrogens with one attached hydrogen (secondary N) is 1. The molecule has 1 fully saturated rings. The van der Waals surface area contributed by atoms with E-state index in [1.807, 2.05) is 0 Å². The van der Waals surface area contributed by atoms with E-state index in [0.29, 0.717) is 6.08 Å². The standard InChI is InChI=1S/C11H18N2O2/c1-2-12-7-10-8-15-11(13-10)14-6-5-9-3-4-9/h8-9,12H,2-7H2,1H3. The molecule has 0 unspecified atom stereocenters. The van der Waals surface area contributed by atoms with Crippen LogP contribution in [-0.2, 0) is 6.54 Å². The van der Waals surface area contributed by atoms with E-state index in [-0.39, 0.29) is 0 Å². The molecule has 0 aliphatic heterocycles. The molecule has 0 spiro atoms. The van der Waals surface area contributed by atoms with Crippen molar-refractivity contribution in [1.82, 2.24) is 10.3 Å². The number of nitrogens with zero attached hydrogens (tertiary/aromatic N) is 1. The summed E-state index contributed by atoms with van der Waals surface area (Å²) in [6.07, 6.45) is 5.91. The first-order valence-corrected chi connectivity index (χ1v) is 5.66. The van der Waals surface area contributed by atoms with E-state index in [9.17, 15) is 0 Å². The fourth-order valence-corrected chi connectivity index (χ4v) is 1.41. The van der Waals surface area contributed by atoms with Crippen LogP contribution in [0.1, 0.15) is 31.9 Å². The summed E-state index contributed by atoms with van der Waals surface area (Å²) in [5.41, 5.74) is 0.901. The van der Waals surface area contributed by atoms with E-state index in [0.717, 1.165) is 37.7 Å². The summed E-state index contributed by atoms with van der Waals surface area (Å²) in [5.74, 6) is 0.890. The monoisotopic (exact) mass is 210 g/mol. The van der Waals surface area contributed by atoms with Gasteiger partial charge in [-0.25, -0.2) is 0 Å². The van der Waals surface area contributed by atoms with Crippen molar-refractivity contribution >= 4 is 0 Å². The molecule has 1 N–H and O–H groups in total. The molecule has 1 aromatic rings. The number of aromatic nitrogens is 1. The van der Waals surface area contributed by atoms with Gasteiger partial charge in [-0.1, -0.05) is 19.8 Å². The molecule has 0 radical (unpaired) electrons. The summed E-state index contributed by atoms with van der Waals surface area (Å²) >= 11 is 0. The second kappa shape index (κ2) is 5.16. The average Bonchev–Trinajstić information content (AvgIpc) is 2.95. The molecular weight excluding hydrogens is 192 g/mol. The largest absolute Gasteiger partial charge is 0.450 e. The third-order valence-electron chi connectivity index (χ3n) is 2.54. The zero-order valence-corrected chi connectivity index (χ0v) is 9.16. The minimum atomic E-state index is 0.406. The van der Waals surface area contributed by atoms with Crippen LogP contribution in [0.15, 0.2) is 10.7 Å². The Morgan fingerprint density at radius 3 is 3.20 bits per heavy atom. The third kappa shape index (κ3) is 3.55. The molecule has 1 aliphatic rings. The van der Waals surface area contributed by atoms with Crippen molar-refractivity contribution < 1.29 is 9.15 Å². The molecule has 1 saturated carbocycles. The van der Waals surface area contributed by atoms with Crippen molar-refractivity contribution in [1.29, 1.82) is 0 Å². The van der Waals surface area contributed by atoms with Crippen molar-refractivity contribution in [2.75, 3.05) is 13.2 Å². The molecule has 0 amide bonds. The minimum absolute atomic E-state index is 0.406. The van der Waals surface area contributed by atoms with Crippen molar-refractivity contribution in [3.63, 3.8) is 0 Å². The first-order valence-electron chi connectivity index (χ1n) is 5.66. The van der Waals surface area contributed by atoms with E-state index in [1.165, 1.54) is 12.8 Å². The molecule has 1 heterocycles. The van der Waals surface area contributed by atoms with Gasteiger partial charge in [0.15, 0.2) is 0 Å². The van der Waals surface area contributed by atoms with Crippen LogP contribution in [0, 0.1) is 5.92 Å². The Bertz CT molecular complexity index is 295. The minimum Gasteiger partial charge on any atom is -0.450 e. The Labute approximate surface area is 90.0 Å². The van der Waals surface area contributed by atoms with Crippen LogP contribution in [0.2, 0.25) is 0 Å². The lowest BCUT2D eigenvalue weighted by Gasteiger charge is -1.98. The molecule has 0 aromatic carbocycles. The predicted molar refractivity (Wildman–Crippen MR) is 56.7 cm³/mol. The lowest BCUT2D eigenvalue weighted by molar-refractivity contribution is 0.222. The maximum atomic E-state index is 5.41. The molecule has 1 aliphatic carbocycles. The van der Waals surface area contributed by atoms with Gasteiger partial charge in [0.1, 0.15) is 6.26 Å². The molecule has 4 nitrogen and oxygen atoms in total. The molecule has 0 saturated heterocycles. The van der Waals surface area contributed by atoms with Gasteiger partial charge >= 0.3 is 6.08 Å². The van der Waals surface area contributed by atoms with Crippen molar-refractivity contribution in [2.24, 2.45) is 5.92 Å². The van der Waals surface area contributed by atoms with Crippen LogP contribution in [0.5, 0.6) is 6.08 Å². The average molecular weight is 210 g/mol. The van der Waals surface area contributed by atoms with Crippen LogP contribution in [-0.4, -0.2) is 18.1 Å². The predicted octanol–water partition coefficient (Wildman–Crippen LogP) is 1.96. The summed E-state index contributed by atoms with van der Waals surface area (Å²) in [6, 6.07) is 0. The van der Waals surface area contributed by atoms with E-state index in [1.54, 1.807) is 6.26 Å². The number of hydrogen-bond acceptors (Lipinski definition) is 4. The highest BCUT2D eigenvalue weighted by Crippen LogP contribution is 2.32. The Balaban J connectivity index is 1.68. The highest BCUT2D eigenvalue weighted by Gasteiger charge is 2.21. The smallest absolute Gasteiger partial charge is 0.393 e. The highest BCUT2D eigenvalue weighted by atomic mass is 16.6. The second-order valence-electron chi connectivity index (χ2n) is 3.97. The fraction of sp³-hybridized carbons (Fsp3) is 0.727. The first-order chi connectivity index (χ1) is 7.38. The highest BCUT2D eigenvalue weighted by molar-refractivity contribution is 4.99. The quantitative estimate of drug-likeness (QED) is 0.747.